The molecule has 4 aliphatic rings. The lowest BCUT2D eigenvalue weighted by Crippen LogP contribution is -2.05. The largest absolute Gasteiger partial charge is 0.508 e. The number of benzene rings is 2. The van der Waals surface area contributed by atoms with Gasteiger partial charge in [0.25, 0.3) is 11.4 Å². The third-order valence-electron chi connectivity index (χ3n) is 4.28. The average Bonchev–Trinajstić information content (AvgIpc) is 2.50. The van der Waals surface area contributed by atoms with Crippen LogP contribution in [0.2, 0.25) is 0 Å². The highest BCUT2D eigenvalue weighted by Crippen LogP contribution is 2.35. The highest BCUT2D eigenvalue weighted by molar-refractivity contribution is 5.54. The van der Waals surface area contributed by atoms with Crippen molar-refractivity contribution in [1.29, 1.82) is 0 Å². The molecule has 4 bridgehead atoms. The van der Waals surface area contributed by atoms with E-state index in [0.717, 1.165) is 0 Å². The number of aromatic hydroxyl groups is 2. The van der Waals surface area contributed by atoms with Crippen LogP contribution in [0.4, 0.5) is 11.4 Å². The van der Waals surface area contributed by atoms with Gasteiger partial charge < -0.3 is 10.2 Å². The SMILES string of the molecule is O=[N+]([O-])c1cc2c(O)cc1CCc1cc([N+](=O)[O-])c(cc1O)CC2. The predicted octanol–water partition coefficient (Wildman–Crippen LogP) is 2.80. The average molecular weight is 330 g/mol. The smallest absolute Gasteiger partial charge is 0.273 e. The molecule has 2 N–H and O–H groups in total. The zero-order valence-corrected chi connectivity index (χ0v) is 12.6. The van der Waals surface area contributed by atoms with Crippen LogP contribution in [0.1, 0.15) is 22.3 Å². The van der Waals surface area contributed by atoms with Crippen LogP contribution in [0.5, 0.6) is 11.5 Å². The molecule has 0 aliphatic heterocycles. The molecule has 0 unspecified atom stereocenters. The molecule has 2 aromatic carbocycles. The molecule has 8 heteroatoms. The Morgan fingerprint density at radius 2 is 1.00 bits per heavy atom. The first-order valence-electron chi connectivity index (χ1n) is 7.35. The monoisotopic (exact) mass is 330 g/mol. The predicted molar refractivity (Wildman–Crippen MR) is 84.3 cm³/mol. The third-order valence-corrected chi connectivity index (χ3v) is 4.28. The molecular formula is C16H14N2O6. The van der Waals surface area contributed by atoms with Crippen LogP contribution in [-0.2, 0) is 25.7 Å². The topological polar surface area (TPSA) is 127 Å². The Bertz CT molecular complexity index is 791. The second-order valence-electron chi connectivity index (χ2n) is 5.73. The Hall–Kier alpha value is -3.16. The van der Waals surface area contributed by atoms with Crippen molar-refractivity contribution in [1.82, 2.24) is 0 Å². The summed E-state index contributed by atoms with van der Waals surface area (Å²) in [6.07, 6.45) is 0.724. The quantitative estimate of drug-likeness (QED) is 0.644. The van der Waals surface area contributed by atoms with Gasteiger partial charge in [-0.2, -0.15) is 0 Å². The summed E-state index contributed by atoms with van der Waals surface area (Å²) < 4.78 is 0. The van der Waals surface area contributed by atoms with E-state index in [2.05, 4.69) is 0 Å². The van der Waals surface area contributed by atoms with E-state index in [9.17, 15) is 30.4 Å². The van der Waals surface area contributed by atoms with E-state index in [1.807, 2.05) is 0 Å². The lowest BCUT2D eigenvalue weighted by Gasteiger charge is -2.13. The molecule has 0 atom stereocenters. The van der Waals surface area contributed by atoms with E-state index in [0.29, 0.717) is 22.3 Å². The van der Waals surface area contributed by atoms with Crippen LogP contribution in [0, 0.1) is 20.2 Å². The summed E-state index contributed by atoms with van der Waals surface area (Å²) in [7, 11) is 0. The number of nitrogens with zero attached hydrogens (tertiary/aromatic N) is 2. The Morgan fingerprint density at radius 1 is 0.667 bits per heavy atom. The molecule has 0 saturated carbocycles. The van der Waals surface area contributed by atoms with E-state index >= 15 is 0 Å². The molecule has 8 nitrogen and oxygen atoms in total. The molecule has 0 amide bonds. The number of hydrogen-bond acceptors (Lipinski definition) is 6. The minimum absolute atomic E-state index is 0.0579. The van der Waals surface area contributed by atoms with Crippen molar-refractivity contribution in [2.24, 2.45) is 0 Å². The van der Waals surface area contributed by atoms with Crippen molar-refractivity contribution in [2.45, 2.75) is 25.7 Å². The minimum atomic E-state index is -0.506. The van der Waals surface area contributed by atoms with Crippen LogP contribution in [0.15, 0.2) is 24.3 Å². The first-order valence-corrected chi connectivity index (χ1v) is 7.35. The maximum atomic E-state index is 11.3. The van der Waals surface area contributed by atoms with Gasteiger partial charge >= 0.3 is 0 Å². The summed E-state index contributed by atoms with van der Waals surface area (Å²) in [5, 5.41) is 42.7. The van der Waals surface area contributed by atoms with Crippen LogP contribution in [-0.4, -0.2) is 20.1 Å². The van der Waals surface area contributed by atoms with Gasteiger partial charge in [-0.3, -0.25) is 20.2 Å². The summed E-state index contributed by atoms with van der Waals surface area (Å²) in [6, 6.07) is 5.38. The van der Waals surface area contributed by atoms with Crippen LogP contribution in [0.25, 0.3) is 0 Å². The first kappa shape index (κ1) is 15.7. The van der Waals surface area contributed by atoms with E-state index in [4.69, 9.17) is 0 Å². The fourth-order valence-electron chi connectivity index (χ4n) is 3.01. The van der Waals surface area contributed by atoms with E-state index < -0.39 is 9.85 Å². The third kappa shape index (κ3) is 2.73. The Labute approximate surface area is 136 Å². The second-order valence-corrected chi connectivity index (χ2v) is 5.73. The van der Waals surface area contributed by atoms with Gasteiger partial charge in [0.05, 0.1) is 9.85 Å². The van der Waals surface area contributed by atoms with Crippen LogP contribution >= 0.6 is 0 Å². The first-order chi connectivity index (χ1) is 11.4. The van der Waals surface area contributed by atoms with Gasteiger partial charge in [0.1, 0.15) is 11.5 Å². The van der Waals surface area contributed by atoms with Gasteiger partial charge in [-0.05, 0) is 37.8 Å². The molecule has 0 aromatic heterocycles. The molecule has 24 heavy (non-hydrogen) atoms. The van der Waals surface area contributed by atoms with Gasteiger partial charge in [0.15, 0.2) is 0 Å². The maximum absolute atomic E-state index is 11.3. The number of nitro benzene ring substituents is 2. The standard InChI is InChI=1S/C16H14N2O6/c19-15-7-9-1-3-11-5-14(18(23)24)10(8-16(11)20)2-4-12(15)6-13(9)17(21)22/h5-8,19-20H,1-4H2. The molecule has 0 radical (unpaired) electrons. The number of aryl methyl sites for hydroxylation is 4. The molecule has 0 heterocycles. The highest BCUT2D eigenvalue weighted by atomic mass is 16.6. The van der Waals surface area contributed by atoms with Crippen molar-refractivity contribution >= 4 is 11.4 Å². The molecule has 0 spiro atoms. The Kier molecular flexibility index (Phi) is 3.80. The van der Waals surface area contributed by atoms with Crippen LogP contribution < -0.4 is 0 Å². The van der Waals surface area contributed by atoms with Crippen LogP contribution in [0.3, 0.4) is 0 Å². The number of phenols is 2. The summed E-state index contributed by atoms with van der Waals surface area (Å²) in [5.41, 5.74) is 1.17. The van der Waals surface area contributed by atoms with Crippen molar-refractivity contribution in [3.63, 3.8) is 0 Å². The van der Waals surface area contributed by atoms with E-state index in [-0.39, 0.29) is 48.6 Å². The van der Waals surface area contributed by atoms with E-state index in [1.54, 1.807) is 0 Å². The summed E-state index contributed by atoms with van der Waals surface area (Å²) >= 11 is 0. The molecule has 0 fully saturated rings. The minimum Gasteiger partial charge on any atom is -0.508 e. The van der Waals surface area contributed by atoms with E-state index in [1.165, 1.54) is 24.3 Å². The molecule has 0 saturated heterocycles. The molecular weight excluding hydrogens is 316 g/mol. The number of rotatable bonds is 2. The van der Waals surface area contributed by atoms with Crippen molar-refractivity contribution in [3.8, 4) is 11.5 Å². The van der Waals surface area contributed by atoms with Gasteiger partial charge in [0.2, 0.25) is 0 Å². The second kappa shape index (κ2) is 5.80. The van der Waals surface area contributed by atoms with Crippen molar-refractivity contribution < 1.29 is 20.1 Å². The normalized spacial score (nSPS) is 13.3. The Morgan fingerprint density at radius 3 is 1.33 bits per heavy atom. The molecule has 6 rings (SSSR count). The zero-order valence-electron chi connectivity index (χ0n) is 12.6. The molecule has 124 valence electrons. The summed E-state index contributed by atoms with van der Waals surface area (Å²) in [6.45, 7) is 0. The maximum Gasteiger partial charge on any atom is 0.273 e. The van der Waals surface area contributed by atoms with Gasteiger partial charge in [-0.15, -0.1) is 0 Å². The summed E-state index contributed by atoms with van der Waals surface area (Å²) in [4.78, 5) is 21.5. The van der Waals surface area contributed by atoms with Gasteiger partial charge in [-0.25, -0.2) is 0 Å². The highest BCUT2D eigenvalue weighted by Gasteiger charge is 2.23. The fraction of sp³-hybridized carbons (Fsp3) is 0.250. The van der Waals surface area contributed by atoms with Crippen molar-refractivity contribution in [2.75, 3.05) is 0 Å². The lowest BCUT2D eigenvalue weighted by atomic mass is 9.93. The fourth-order valence-corrected chi connectivity index (χ4v) is 3.01. The number of nitro groups is 2. The molecule has 4 aliphatic carbocycles. The van der Waals surface area contributed by atoms with Gasteiger partial charge in [-0.1, -0.05) is 0 Å². The lowest BCUT2D eigenvalue weighted by molar-refractivity contribution is -0.385. The van der Waals surface area contributed by atoms with Crippen molar-refractivity contribution in [3.05, 3.63) is 66.7 Å². The molecule has 2 aromatic rings. The number of hydrogen-bond donors (Lipinski definition) is 2. The van der Waals surface area contributed by atoms with Gasteiger partial charge in [0, 0.05) is 34.4 Å². The zero-order chi connectivity index (χ0) is 17.4. The Balaban J connectivity index is 2.16. The number of phenolic OH excluding ortho intramolecular Hbond substituents is 2. The summed E-state index contributed by atoms with van der Waals surface area (Å²) in [5.74, 6) is -0.116.